The molecule has 0 heterocycles. The van der Waals surface area contributed by atoms with E-state index >= 15 is 0 Å². The number of carbonyl (C=O) groups is 1. The molecule has 0 atom stereocenters. The van der Waals surface area contributed by atoms with Gasteiger partial charge in [-0.3, -0.25) is 4.79 Å². The highest BCUT2D eigenvalue weighted by Crippen LogP contribution is 2.14. The average Bonchev–Trinajstić information content (AvgIpc) is 2.77. The Morgan fingerprint density at radius 1 is 0.800 bits per heavy atom. The predicted octanol–water partition coefficient (Wildman–Crippen LogP) is 5.21. The van der Waals surface area contributed by atoms with Crippen LogP contribution in [0.2, 0.25) is 0 Å². The topological polar surface area (TPSA) is 47.6 Å². The maximum atomic E-state index is 12.3. The molecule has 0 saturated carbocycles. The lowest BCUT2D eigenvalue weighted by Crippen LogP contribution is -2.25. The van der Waals surface area contributed by atoms with Gasteiger partial charge in [0.2, 0.25) is 0 Å². The molecule has 3 rings (SSSR count). The van der Waals surface area contributed by atoms with Gasteiger partial charge in [0, 0.05) is 12.1 Å². The maximum Gasteiger partial charge on any atom is 0.251 e. The smallest absolute Gasteiger partial charge is 0.251 e. The van der Waals surface area contributed by atoms with Crippen LogP contribution in [0.15, 0.2) is 78.9 Å². The van der Waals surface area contributed by atoms with Gasteiger partial charge in [-0.05, 0) is 73.7 Å². The fourth-order valence-electron chi connectivity index (χ4n) is 3.06. The zero-order chi connectivity index (χ0) is 21.0. The summed E-state index contributed by atoms with van der Waals surface area (Å²) in [5, 5.41) is 2.96. The van der Waals surface area contributed by atoms with Gasteiger partial charge in [0.05, 0.1) is 13.2 Å². The Hall–Kier alpha value is -3.27. The third kappa shape index (κ3) is 7.28. The highest BCUT2D eigenvalue weighted by molar-refractivity contribution is 5.94. The minimum atomic E-state index is -0.0641. The van der Waals surface area contributed by atoms with E-state index in [1.165, 1.54) is 11.1 Å². The summed E-state index contributed by atoms with van der Waals surface area (Å²) >= 11 is 0. The SMILES string of the molecule is Cc1cccc(OCCCCOc2ccc(C(=O)NCCc3ccccc3)cc2)c1. The van der Waals surface area contributed by atoms with Crippen LogP contribution >= 0.6 is 0 Å². The minimum Gasteiger partial charge on any atom is -0.494 e. The fraction of sp³-hybridized carbons (Fsp3) is 0.269. The monoisotopic (exact) mass is 403 g/mol. The van der Waals surface area contributed by atoms with Crippen molar-refractivity contribution in [2.45, 2.75) is 26.2 Å². The largest absolute Gasteiger partial charge is 0.494 e. The Bertz CT molecular complexity index is 907. The molecule has 3 aromatic carbocycles. The molecule has 0 aliphatic heterocycles. The number of unbranched alkanes of at least 4 members (excludes halogenated alkanes) is 1. The predicted molar refractivity (Wildman–Crippen MR) is 120 cm³/mol. The third-order valence-electron chi connectivity index (χ3n) is 4.72. The van der Waals surface area contributed by atoms with Gasteiger partial charge in [-0.25, -0.2) is 0 Å². The number of nitrogens with one attached hydrogen (secondary N) is 1. The summed E-state index contributed by atoms with van der Waals surface area (Å²) in [4.78, 5) is 12.3. The first-order valence-electron chi connectivity index (χ1n) is 10.5. The van der Waals surface area contributed by atoms with Gasteiger partial charge in [-0.1, -0.05) is 42.5 Å². The van der Waals surface area contributed by atoms with Gasteiger partial charge in [0.25, 0.3) is 5.91 Å². The normalized spacial score (nSPS) is 10.4. The number of carbonyl (C=O) groups excluding carboxylic acids is 1. The molecule has 0 aliphatic carbocycles. The van der Waals surface area contributed by atoms with Crippen molar-refractivity contribution in [2.24, 2.45) is 0 Å². The van der Waals surface area contributed by atoms with Crippen molar-refractivity contribution >= 4 is 5.91 Å². The Morgan fingerprint density at radius 2 is 1.50 bits per heavy atom. The first-order chi connectivity index (χ1) is 14.7. The van der Waals surface area contributed by atoms with Crippen LogP contribution in [0.1, 0.15) is 34.3 Å². The van der Waals surface area contributed by atoms with Crippen molar-refractivity contribution in [1.82, 2.24) is 5.32 Å². The second kappa shape index (κ2) is 11.7. The summed E-state index contributed by atoms with van der Waals surface area (Å²) in [6.07, 6.45) is 2.66. The highest BCUT2D eigenvalue weighted by Gasteiger charge is 2.05. The maximum absolute atomic E-state index is 12.3. The molecule has 156 valence electrons. The lowest BCUT2D eigenvalue weighted by atomic mass is 10.1. The van der Waals surface area contributed by atoms with Crippen molar-refractivity contribution in [2.75, 3.05) is 19.8 Å². The molecule has 1 amide bonds. The van der Waals surface area contributed by atoms with Crippen LogP contribution < -0.4 is 14.8 Å². The van der Waals surface area contributed by atoms with E-state index in [-0.39, 0.29) is 5.91 Å². The van der Waals surface area contributed by atoms with Crippen molar-refractivity contribution in [1.29, 1.82) is 0 Å². The van der Waals surface area contributed by atoms with Gasteiger partial charge in [-0.15, -0.1) is 0 Å². The molecular formula is C26H29NO3. The number of benzene rings is 3. The summed E-state index contributed by atoms with van der Waals surface area (Å²) in [6, 6.07) is 25.5. The number of ether oxygens (including phenoxy) is 2. The van der Waals surface area contributed by atoms with Crippen LogP contribution in [0, 0.1) is 6.92 Å². The van der Waals surface area contributed by atoms with Crippen LogP contribution in [-0.4, -0.2) is 25.7 Å². The third-order valence-corrected chi connectivity index (χ3v) is 4.72. The Labute approximate surface area is 178 Å². The second-order valence-corrected chi connectivity index (χ2v) is 7.24. The molecule has 0 spiro atoms. The van der Waals surface area contributed by atoms with E-state index in [0.717, 1.165) is 30.8 Å². The van der Waals surface area contributed by atoms with Crippen molar-refractivity contribution in [3.05, 3.63) is 95.6 Å². The van der Waals surface area contributed by atoms with E-state index in [4.69, 9.17) is 9.47 Å². The zero-order valence-corrected chi connectivity index (χ0v) is 17.5. The Kier molecular flexibility index (Phi) is 8.34. The lowest BCUT2D eigenvalue weighted by molar-refractivity contribution is 0.0954. The van der Waals surface area contributed by atoms with Gasteiger partial charge >= 0.3 is 0 Å². The van der Waals surface area contributed by atoms with Crippen LogP contribution in [0.25, 0.3) is 0 Å². The van der Waals surface area contributed by atoms with E-state index in [1.807, 2.05) is 48.5 Å². The zero-order valence-electron chi connectivity index (χ0n) is 17.5. The standard InChI is InChI=1S/C26H29NO3/c1-21-8-7-11-25(20-21)30-19-6-5-18-29-24-14-12-23(13-15-24)26(28)27-17-16-22-9-3-2-4-10-22/h2-4,7-15,20H,5-6,16-19H2,1H3,(H,27,28). The van der Waals surface area contributed by atoms with E-state index < -0.39 is 0 Å². The molecule has 0 fully saturated rings. The van der Waals surface area contributed by atoms with Gasteiger partial charge < -0.3 is 14.8 Å². The van der Waals surface area contributed by atoms with E-state index in [0.29, 0.717) is 25.3 Å². The molecule has 4 nitrogen and oxygen atoms in total. The number of amides is 1. The number of hydrogen-bond acceptors (Lipinski definition) is 3. The van der Waals surface area contributed by atoms with Crippen molar-refractivity contribution in [3.8, 4) is 11.5 Å². The van der Waals surface area contributed by atoms with Gasteiger partial charge in [0.1, 0.15) is 11.5 Å². The molecule has 0 aliphatic rings. The molecule has 1 N–H and O–H groups in total. The highest BCUT2D eigenvalue weighted by atomic mass is 16.5. The van der Waals surface area contributed by atoms with Gasteiger partial charge in [-0.2, -0.15) is 0 Å². The molecule has 4 heteroatoms. The number of hydrogen-bond donors (Lipinski definition) is 1. The number of aryl methyl sites for hydroxylation is 1. The molecule has 0 saturated heterocycles. The lowest BCUT2D eigenvalue weighted by Gasteiger charge is -2.09. The fourth-order valence-corrected chi connectivity index (χ4v) is 3.06. The molecule has 0 bridgehead atoms. The van der Waals surface area contributed by atoms with E-state index in [9.17, 15) is 4.79 Å². The molecule has 0 radical (unpaired) electrons. The van der Waals surface area contributed by atoms with Crippen LogP contribution in [0.5, 0.6) is 11.5 Å². The molecule has 3 aromatic rings. The minimum absolute atomic E-state index is 0.0641. The Balaban J connectivity index is 1.30. The van der Waals surface area contributed by atoms with Crippen LogP contribution in [0.4, 0.5) is 0 Å². The van der Waals surface area contributed by atoms with Crippen LogP contribution in [0.3, 0.4) is 0 Å². The van der Waals surface area contributed by atoms with E-state index in [2.05, 4.69) is 30.4 Å². The summed E-state index contributed by atoms with van der Waals surface area (Å²) < 4.78 is 11.5. The molecule has 30 heavy (non-hydrogen) atoms. The number of rotatable bonds is 11. The molecule has 0 aromatic heterocycles. The van der Waals surface area contributed by atoms with Gasteiger partial charge in [0.15, 0.2) is 0 Å². The summed E-state index contributed by atoms with van der Waals surface area (Å²) in [6.45, 7) is 3.97. The first-order valence-corrected chi connectivity index (χ1v) is 10.5. The summed E-state index contributed by atoms with van der Waals surface area (Å²) in [7, 11) is 0. The summed E-state index contributed by atoms with van der Waals surface area (Å²) in [5.74, 6) is 1.62. The average molecular weight is 404 g/mol. The quantitative estimate of drug-likeness (QED) is 0.447. The van der Waals surface area contributed by atoms with Crippen molar-refractivity contribution < 1.29 is 14.3 Å². The van der Waals surface area contributed by atoms with Crippen molar-refractivity contribution in [3.63, 3.8) is 0 Å². The van der Waals surface area contributed by atoms with E-state index in [1.54, 1.807) is 12.1 Å². The summed E-state index contributed by atoms with van der Waals surface area (Å²) in [5.41, 5.74) is 3.05. The second-order valence-electron chi connectivity index (χ2n) is 7.24. The molecule has 0 unspecified atom stereocenters. The molecular weight excluding hydrogens is 374 g/mol. The Morgan fingerprint density at radius 3 is 2.20 bits per heavy atom. The van der Waals surface area contributed by atoms with Crippen LogP contribution in [-0.2, 0) is 6.42 Å². The first kappa shape index (κ1) is 21.4.